The van der Waals surface area contributed by atoms with Crippen molar-refractivity contribution in [1.82, 2.24) is 4.57 Å². The van der Waals surface area contributed by atoms with Crippen LogP contribution in [0.1, 0.15) is 51.0 Å². The van der Waals surface area contributed by atoms with Gasteiger partial charge in [0.25, 0.3) is 5.91 Å². The maximum absolute atomic E-state index is 13.5. The van der Waals surface area contributed by atoms with Crippen LogP contribution in [0.3, 0.4) is 0 Å². The minimum absolute atomic E-state index is 0.0801. The normalized spacial score (nSPS) is 13.1. The number of terminal acetylenes is 1. The average molecular weight is 490 g/mol. The van der Waals surface area contributed by atoms with Crippen molar-refractivity contribution >= 4 is 37.0 Å². The molecule has 0 fully saturated rings. The predicted molar refractivity (Wildman–Crippen MR) is 129 cm³/mol. The second-order valence-electron chi connectivity index (χ2n) is 8.48. The van der Waals surface area contributed by atoms with Crippen molar-refractivity contribution in [2.45, 2.75) is 34.1 Å². The van der Waals surface area contributed by atoms with E-state index in [4.69, 9.17) is 10.9 Å². The van der Waals surface area contributed by atoms with Crippen LogP contribution in [0.4, 0.5) is 10.1 Å². The van der Waals surface area contributed by atoms with Gasteiger partial charge in [0.2, 0.25) is 19.1 Å². The Bertz CT molecular complexity index is 1250. The third kappa shape index (κ3) is 6.10. The van der Waals surface area contributed by atoms with Crippen molar-refractivity contribution in [2.24, 2.45) is 12.5 Å². The molecule has 1 unspecified atom stereocenters. The summed E-state index contributed by atoms with van der Waals surface area (Å²) in [6, 6.07) is 4.14. The molecule has 34 heavy (non-hydrogen) atoms. The molecule has 0 aliphatic heterocycles. The van der Waals surface area contributed by atoms with Gasteiger partial charge < -0.3 is 24.2 Å². The molecule has 1 heterocycles. The summed E-state index contributed by atoms with van der Waals surface area (Å²) in [5.74, 6) is -0.205. The van der Waals surface area contributed by atoms with Crippen LogP contribution in [-0.4, -0.2) is 44.7 Å². The highest BCUT2D eigenvalue weighted by Crippen LogP contribution is 2.38. The second kappa shape index (κ2) is 10.1. The Morgan fingerprint density at radius 3 is 2.44 bits per heavy atom. The van der Waals surface area contributed by atoms with Crippen LogP contribution in [0.25, 0.3) is 0 Å². The van der Waals surface area contributed by atoms with Gasteiger partial charge >= 0.3 is 0 Å². The summed E-state index contributed by atoms with van der Waals surface area (Å²) in [7, 11) is -2.23. The van der Waals surface area contributed by atoms with Gasteiger partial charge in [-0.25, -0.2) is 4.39 Å². The van der Waals surface area contributed by atoms with Gasteiger partial charge in [0.1, 0.15) is 11.5 Å². The maximum atomic E-state index is 13.5. The Hall–Kier alpha value is -3.02. The molecule has 2 rings (SSSR count). The number of hydrogen-bond acceptors (Lipinski definition) is 6. The van der Waals surface area contributed by atoms with E-state index in [-0.39, 0.29) is 17.9 Å². The highest BCUT2D eigenvalue weighted by molar-refractivity contribution is 7.57. The first-order valence-electron chi connectivity index (χ1n) is 10.2. The largest absolute Gasteiger partial charge is 0.343 e. The van der Waals surface area contributed by atoms with Crippen LogP contribution in [0.15, 0.2) is 18.2 Å². The van der Waals surface area contributed by atoms with Gasteiger partial charge in [-0.2, -0.15) is 0 Å². The van der Waals surface area contributed by atoms with Crippen LogP contribution < -0.4 is 5.32 Å². The fourth-order valence-corrected chi connectivity index (χ4v) is 4.00. The van der Waals surface area contributed by atoms with Crippen molar-refractivity contribution in [3.8, 4) is 12.3 Å². The number of carbonyl (C=O) groups excluding carboxylic acids is 3. The van der Waals surface area contributed by atoms with Crippen molar-refractivity contribution in [3.63, 3.8) is 0 Å². The number of nitrogens with one attached hydrogen (secondary N) is 1. The zero-order valence-corrected chi connectivity index (χ0v) is 20.6. The number of aryl methyl sites for hydroxylation is 1. The molecule has 1 aromatic heterocycles. The molecule has 8 nitrogen and oxygen atoms in total. The van der Waals surface area contributed by atoms with Gasteiger partial charge in [0, 0.05) is 24.8 Å². The first-order chi connectivity index (χ1) is 15.6. The fourth-order valence-electron chi connectivity index (χ4n) is 3.51. The summed E-state index contributed by atoms with van der Waals surface area (Å²) in [6.45, 7) is 5.82. The predicted octanol–water partition coefficient (Wildman–Crippen LogP) is 3.32. The Morgan fingerprint density at radius 1 is 1.29 bits per heavy atom. The molecule has 1 amide bonds. The zero-order chi connectivity index (χ0) is 26.0. The van der Waals surface area contributed by atoms with Gasteiger partial charge in [0.15, 0.2) is 0 Å². The number of nitrogens with zero attached hydrogens (tertiary/aromatic N) is 1. The molecule has 2 aromatic rings. The number of halogens is 1. The van der Waals surface area contributed by atoms with E-state index in [1.807, 2.05) is 0 Å². The number of carbonyl (C=O) groups is 3. The lowest BCUT2D eigenvalue weighted by Gasteiger charge is -2.24. The third-order valence-corrected chi connectivity index (χ3v) is 6.07. The summed E-state index contributed by atoms with van der Waals surface area (Å²) in [5, 5.41) is 2.68. The van der Waals surface area contributed by atoms with Crippen molar-refractivity contribution in [3.05, 3.63) is 52.1 Å². The van der Waals surface area contributed by atoms with Gasteiger partial charge in [-0.15, -0.1) is 6.42 Å². The quantitative estimate of drug-likeness (QED) is 0.215. The van der Waals surface area contributed by atoms with Crippen LogP contribution in [0.2, 0.25) is 0 Å². The van der Waals surface area contributed by atoms with Crippen LogP contribution in [0, 0.1) is 44.3 Å². The number of ketones is 2. The van der Waals surface area contributed by atoms with Crippen molar-refractivity contribution in [2.75, 3.05) is 11.9 Å². The number of Topliss-reactive ketones (excluding diaryl/α,β-unsaturated/α-hetero) is 2. The van der Waals surface area contributed by atoms with Crippen LogP contribution in [-0.2, 0) is 16.4 Å². The molecular weight excluding hydrogens is 462 g/mol. The van der Waals surface area contributed by atoms with E-state index in [9.17, 15) is 28.6 Å². The highest BCUT2D eigenvalue weighted by Gasteiger charge is 2.34. The topological polar surface area (TPSA) is 118 Å². The summed E-state index contributed by atoms with van der Waals surface area (Å²) in [4.78, 5) is 57.5. The standard InChI is InChI=1S/C24H28FN2O6P/c1-8-24(5,13-33-34(7,31)32)12-19(28)22(29)20-15(3)21(27(6)16(20)4)23(30)26-17-9-10-18(25)14(2)11-17/h1,9-11,31-32H,7,12-13H2,2-6H3,(H,26,30). The Balaban J connectivity index is 2.31. The number of anilines is 1. The molecular formula is C24H28FN2O6P. The Kier molecular flexibility index (Phi) is 8.07. The van der Waals surface area contributed by atoms with E-state index in [2.05, 4.69) is 17.5 Å². The van der Waals surface area contributed by atoms with E-state index in [1.54, 1.807) is 27.8 Å². The van der Waals surface area contributed by atoms with Gasteiger partial charge in [-0.1, -0.05) is 5.92 Å². The molecule has 1 atom stereocenters. The first kappa shape index (κ1) is 27.2. The van der Waals surface area contributed by atoms with E-state index in [0.717, 1.165) is 0 Å². The van der Waals surface area contributed by atoms with E-state index in [0.29, 0.717) is 22.5 Å². The Labute approximate surface area is 198 Å². The number of hydrogen-bond donors (Lipinski definition) is 3. The highest BCUT2D eigenvalue weighted by atomic mass is 31.2. The fraction of sp³-hybridized carbons (Fsp3) is 0.333. The lowest BCUT2D eigenvalue weighted by molar-refractivity contribution is -0.116. The van der Waals surface area contributed by atoms with E-state index < -0.39 is 42.7 Å². The molecule has 3 N–H and O–H groups in total. The lowest BCUT2D eigenvalue weighted by Crippen LogP contribution is -2.28. The number of rotatable bonds is 9. The molecule has 1 aromatic carbocycles. The minimum Gasteiger partial charge on any atom is -0.343 e. The molecule has 182 valence electrons. The van der Waals surface area contributed by atoms with Gasteiger partial charge in [-0.3, -0.25) is 14.4 Å². The number of amides is 1. The van der Waals surface area contributed by atoms with Gasteiger partial charge in [-0.05, 0) is 63.3 Å². The molecule has 0 saturated carbocycles. The molecule has 0 radical (unpaired) electrons. The third-order valence-electron chi connectivity index (χ3n) is 5.53. The molecule has 0 aliphatic carbocycles. The number of aromatic nitrogens is 1. The summed E-state index contributed by atoms with van der Waals surface area (Å²) < 4.78 is 19.9. The van der Waals surface area contributed by atoms with Crippen LogP contribution >= 0.6 is 7.57 Å². The van der Waals surface area contributed by atoms with Crippen LogP contribution in [0.5, 0.6) is 0 Å². The summed E-state index contributed by atoms with van der Waals surface area (Å²) in [6.07, 6.45) is 8.17. The smallest absolute Gasteiger partial charge is 0.272 e. The monoisotopic (exact) mass is 490 g/mol. The molecule has 0 aliphatic rings. The second-order valence-corrected chi connectivity index (χ2v) is 10.1. The van der Waals surface area contributed by atoms with Crippen molar-refractivity contribution < 1.29 is 33.1 Å². The molecule has 10 heteroatoms. The molecule has 0 saturated heterocycles. The van der Waals surface area contributed by atoms with Crippen molar-refractivity contribution in [1.29, 1.82) is 0 Å². The van der Waals surface area contributed by atoms with E-state index in [1.165, 1.54) is 29.7 Å². The average Bonchev–Trinajstić information content (AvgIpc) is 2.96. The molecule has 0 bridgehead atoms. The minimum atomic E-state index is -3.83. The Morgan fingerprint density at radius 2 is 1.91 bits per heavy atom. The summed E-state index contributed by atoms with van der Waals surface area (Å²) in [5.41, 5.74) is 0.430. The maximum Gasteiger partial charge on any atom is 0.272 e. The van der Waals surface area contributed by atoms with Gasteiger partial charge in [0.05, 0.1) is 17.6 Å². The SMILES string of the molecule is C#CC(C)(COP(=C)(O)O)CC(=O)C(=O)c1c(C)c(C(=O)Nc2ccc(F)c(C)c2)n(C)c1C. The lowest BCUT2D eigenvalue weighted by atomic mass is 9.84. The van der Waals surface area contributed by atoms with E-state index >= 15 is 0 Å². The first-order valence-corrected chi connectivity index (χ1v) is 12.0. The zero-order valence-electron chi connectivity index (χ0n) is 19.7. The molecule has 0 spiro atoms. The summed E-state index contributed by atoms with van der Waals surface area (Å²) >= 11 is 0. The number of benzene rings is 1.